The molecule has 0 amide bonds. The smallest absolute Gasteiger partial charge is 0.442 e. The predicted octanol–water partition coefficient (Wildman–Crippen LogP) is 5.25. The van der Waals surface area contributed by atoms with E-state index in [1.807, 2.05) is 0 Å². The van der Waals surface area contributed by atoms with E-state index in [1.54, 1.807) is 6.08 Å². The van der Waals surface area contributed by atoms with Gasteiger partial charge in [0.15, 0.2) is 0 Å². The van der Waals surface area contributed by atoms with E-state index in [-0.39, 0.29) is 22.6 Å². The first kappa shape index (κ1) is 19.1. The van der Waals surface area contributed by atoms with Gasteiger partial charge in [-0.3, -0.25) is 0 Å². The molecule has 2 heterocycles. The van der Waals surface area contributed by atoms with Crippen LogP contribution in [0.1, 0.15) is 28.5 Å². The standard InChI is InChI=1S/C18H12F6N4O2/c1-29-8-5-10-9-3-7(15(25-26-15)17(19,20)21)4-12(30-2)14(9)13(10)11(6-8)16(27-28-16)18(22,23)24/h3-6,10,13H,1-2H3. The quantitative estimate of drug-likeness (QED) is 0.613. The van der Waals surface area contributed by atoms with Crippen LogP contribution in [0.5, 0.6) is 5.75 Å². The van der Waals surface area contributed by atoms with Gasteiger partial charge in [-0.05, 0) is 29.8 Å². The van der Waals surface area contributed by atoms with Crippen molar-refractivity contribution in [3.05, 3.63) is 52.3 Å². The summed E-state index contributed by atoms with van der Waals surface area (Å²) in [4.78, 5) is 0. The summed E-state index contributed by atoms with van der Waals surface area (Å²) in [5, 5.41) is 12.9. The van der Waals surface area contributed by atoms with E-state index in [0.29, 0.717) is 11.1 Å². The van der Waals surface area contributed by atoms with Gasteiger partial charge in [0, 0.05) is 28.5 Å². The number of benzene rings is 1. The number of allylic oxidation sites excluding steroid dienone is 2. The lowest BCUT2D eigenvalue weighted by Gasteiger charge is -2.44. The highest BCUT2D eigenvalue weighted by Crippen LogP contribution is 2.65. The third kappa shape index (κ3) is 2.21. The van der Waals surface area contributed by atoms with Crippen molar-refractivity contribution in [2.45, 2.75) is 35.5 Å². The summed E-state index contributed by atoms with van der Waals surface area (Å²) in [6.45, 7) is 0. The monoisotopic (exact) mass is 430 g/mol. The molecule has 5 rings (SSSR count). The van der Waals surface area contributed by atoms with E-state index in [4.69, 9.17) is 9.47 Å². The average Bonchev–Trinajstić information content (AvgIpc) is 3.54. The third-order valence-corrected chi connectivity index (χ3v) is 5.83. The molecular formula is C18H12F6N4O2. The van der Waals surface area contributed by atoms with Crippen LogP contribution in [-0.4, -0.2) is 32.2 Å². The molecule has 0 bridgehead atoms. The number of hydrogen-bond acceptors (Lipinski definition) is 6. The first-order valence-corrected chi connectivity index (χ1v) is 8.71. The number of fused-ring (bicyclic) bond motifs is 4. The molecule has 0 spiro atoms. The fourth-order valence-electron chi connectivity index (χ4n) is 4.22. The van der Waals surface area contributed by atoms with Crippen LogP contribution in [0.15, 0.2) is 56.1 Å². The Kier molecular flexibility index (Phi) is 3.44. The minimum atomic E-state index is -4.76. The molecule has 12 heteroatoms. The molecule has 6 nitrogen and oxygen atoms in total. The second-order valence-corrected chi connectivity index (χ2v) is 7.30. The molecule has 30 heavy (non-hydrogen) atoms. The number of rotatable bonds is 4. The van der Waals surface area contributed by atoms with Gasteiger partial charge in [0.05, 0.1) is 14.2 Å². The van der Waals surface area contributed by atoms with Gasteiger partial charge in [0.1, 0.15) is 11.5 Å². The van der Waals surface area contributed by atoms with E-state index in [9.17, 15) is 26.3 Å². The molecule has 0 fully saturated rings. The molecule has 158 valence electrons. The summed E-state index contributed by atoms with van der Waals surface area (Å²) in [7, 11) is 2.53. The first-order valence-electron chi connectivity index (χ1n) is 8.71. The zero-order valence-electron chi connectivity index (χ0n) is 15.3. The lowest BCUT2D eigenvalue weighted by molar-refractivity contribution is -0.166. The molecule has 4 aliphatic rings. The van der Waals surface area contributed by atoms with E-state index < -0.39 is 35.5 Å². The molecule has 1 aromatic rings. The van der Waals surface area contributed by atoms with Crippen LogP contribution in [0.2, 0.25) is 0 Å². The molecule has 2 unspecified atom stereocenters. The molecule has 2 atom stereocenters. The van der Waals surface area contributed by atoms with E-state index in [2.05, 4.69) is 20.5 Å². The molecule has 0 aromatic heterocycles. The summed E-state index contributed by atoms with van der Waals surface area (Å²) >= 11 is 0. The molecular weight excluding hydrogens is 418 g/mol. The topological polar surface area (TPSA) is 67.9 Å². The zero-order chi connectivity index (χ0) is 21.7. The normalized spacial score (nSPS) is 26.7. The highest BCUT2D eigenvalue weighted by molar-refractivity contribution is 5.66. The molecule has 2 aliphatic carbocycles. The SMILES string of the molecule is COC1=CC2c3cc(C4(C(F)(F)F)N=N4)cc(OC)c3C2C(C2(C(F)(F)F)N=N2)=C1. The molecule has 0 saturated heterocycles. The van der Waals surface area contributed by atoms with Crippen molar-refractivity contribution >= 4 is 0 Å². The van der Waals surface area contributed by atoms with Crippen molar-refractivity contribution in [1.29, 1.82) is 0 Å². The fraction of sp³-hybridized carbons (Fsp3) is 0.444. The van der Waals surface area contributed by atoms with Crippen LogP contribution < -0.4 is 4.74 Å². The van der Waals surface area contributed by atoms with Crippen molar-refractivity contribution in [2.75, 3.05) is 14.2 Å². The van der Waals surface area contributed by atoms with Gasteiger partial charge in [0.25, 0.3) is 0 Å². The van der Waals surface area contributed by atoms with E-state index in [0.717, 1.165) is 6.07 Å². The Morgan fingerprint density at radius 2 is 1.47 bits per heavy atom. The van der Waals surface area contributed by atoms with Crippen LogP contribution in [0.3, 0.4) is 0 Å². The highest BCUT2D eigenvalue weighted by Gasteiger charge is 2.70. The minimum Gasteiger partial charge on any atom is -0.497 e. The van der Waals surface area contributed by atoms with Gasteiger partial charge in [-0.2, -0.15) is 26.3 Å². The van der Waals surface area contributed by atoms with Gasteiger partial charge < -0.3 is 9.47 Å². The maximum absolute atomic E-state index is 13.7. The molecule has 1 aromatic carbocycles. The van der Waals surface area contributed by atoms with Crippen LogP contribution in [0.25, 0.3) is 0 Å². The average molecular weight is 430 g/mol. The third-order valence-electron chi connectivity index (χ3n) is 5.83. The molecule has 0 radical (unpaired) electrons. The predicted molar refractivity (Wildman–Crippen MR) is 87.9 cm³/mol. The second-order valence-electron chi connectivity index (χ2n) is 7.30. The maximum atomic E-state index is 13.7. The minimum absolute atomic E-state index is 0.0304. The summed E-state index contributed by atoms with van der Waals surface area (Å²) in [6, 6.07) is 2.39. The van der Waals surface area contributed by atoms with E-state index in [1.165, 1.54) is 26.4 Å². The number of nitrogens with zero attached hydrogens (tertiary/aromatic N) is 4. The second kappa shape index (κ2) is 5.41. The molecule has 0 saturated carbocycles. The zero-order valence-corrected chi connectivity index (χ0v) is 15.3. The number of alkyl halides is 6. The van der Waals surface area contributed by atoms with Crippen LogP contribution in [0, 0.1) is 0 Å². The number of hydrogen-bond donors (Lipinski definition) is 0. The van der Waals surface area contributed by atoms with Gasteiger partial charge in [-0.1, -0.05) is 0 Å². The van der Waals surface area contributed by atoms with E-state index >= 15 is 0 Å². The van der Waals surface area contributed by atoms with Gasteiger partial charge in [-0.25, -0.2) is 0 Å². The lowest BCUT2D eigenvalue weighted by atomic mass is 9.60. The summed E-state index contributed by atoms with van der Waals surface area (Å²) in [6.07, 6.45) is -6.71. The van der Waals surface area contributed by atoms with Crippen LogP contribution in [-0.2, 0) is 10.4 Å². The van der Waals surface area contributed by atoms with Crippen LogP contribution >= 0.6 is 0 Å². The summed E-state index contributed by atoms with van der Waals surface area (Å²) < 4.78 is 91.8. The van der Waals surface area contributed by atoms with Gasteiger partial charge in [0.2, 0.25) is 0 Å². The largest absolute Gasteiger partial charge is 0.497 e. The van der Waals surface area contributed by atoms with Crippen molar-refractivity contribution < 1.29 is 35.8 Å². The van der Waals surface area contributed by atoms with Crippen LogP contribution in [0.4, 0.5) is 26.3 Å². The Morgan fingerprint density at radius 3 is 1.93 bits per heavy atom. The number of ether oxygens (including phenoxy) is 2. The Bertz CT molecular complexity index is 1070. The van der Waals surface area contributed by atoms with Crippen molar-refractivity contribution in [1.82, 2.24) is 0 Å². The number of halogens is 6. The van der Waals surface area contributed by atoms with Gasteiger partial charge in [-0.15, -0.1) is 20.5 Å². The Balaban J connectivity index is 1.65. The van der Waals surface area contributed by atoms with Crippen molar-refractivity contribution in [2.24, 2.45) is 20.5 Å². The molecule has 0 N–H and O–H groups in total. The summed E-state index contributed by atoms with van der Waals surface area (Å²) in [5.41, 5.74) is -4.99. The maximum Gasteiger partial charge on any atom is 0.442 e. The van der Waals surface area contributed by atoms with Gasteiger partial charge >= 0.3 is 23.7 Å². The number of methoxy groups -OCH3 is 2. The Morgan fingerprint density at radius 1 is 0.867 bits per heavy atom. The Hall–Kier alpha value is -2.92. The van der Waals surface area contributed by atoms with Crippen molar-refractivity contribution in [3.8, 4) is 5.75 Å². The fourth-order valence-corrected chi connectivity index (χ4v) is 4.22. The Labute approximate surface area is 165 Å². The first-order chi connectivity index (χ1) is 14.0. The highest BCUT2D eigenvalue weighted by atomic mass is 19.4. The summed E-state index contributed by atoms with van der Waals surface area (Å²) in [5.74, 6) is -1.29. The molecule has 2 aliphatic heterocycles. The lowest BCUT2D eigenvalue weighted by Crippen LogP contribution is -2.42. The van der Waals surface area contributed by atoms with Crippen molar-refractivity contribution in [3.63, 3.8) is 0 Å².